The summed E-state index contributed by atoms with van der Waals surface area (Å²) in [5, 5.41) is 4.08. The molecule has 0 aliphatic rings. The lowest BCUT2D eigenvalue weighted by molar-refractivity contribution is 0.284. The van der Waals surface area contributed by atoms with Crippen LogP contribution in [0.25, 0.3) is 0 Å². The van der Waals surface area contributed by atoms with Crippen molar-refractivity contribution >= 4 is 0 Å². The summed E-state index contributed by atoms with van der Waals surface area (Å²) in [5.41, 5.74) is 0. The lowest BCUT2D eigenvalue weighted by Crippen LogP contribution is -2.08. The molecule has 0 aromatic carbocycles. The number of halogens is 1. The molecule has 0 radical (unpaired) electrons. The highest BCUT2D eigenvalue weighted by Gasteiger charge is 2.04. The van der Waals surface area contributed by atoms with Gasteiger partial charge >= 0.3 is 0 Å². The summed E-state index contributed by atoms with van der Waals surface area (Å²) in [5.74, 6) is 0.736. The molecule has 0 N–H and O–H groups in total. The average molecular weight is 236 g/mol. The SMILES string of the molecule is CCCn1ncnc1COc1ccc(F)nc1. The number of rotatable bonds is 5. The smallest absolute Gasteiger partial charge is 0.213 e. The van der Waals surface area contributed by atoms with Gasteiger partial charge in [-0.2, -0.15) is 9.49 Å². The Kier molecular flexibility index (Phi) is 3.64. The molecule has 5 nitrogen and oxygen atoms in total. The van der Waals surface area contributed by atoms with E-state index in [9.17, 15) is 4.39 Å². The fraction of sp³-hybridized carbons (Fsp3) is 0.364. The Bertz CT molecular complexity index is 469. The monoisotopic (exact) mass is 236 g/mol. The summed E-state index contributed by atoms with van der Waals surface area (Å²) >= 11 is 0. The second-order valence-electron chi connectivity index (χ2n) is 3.50. The predicted molar refractivity (Wildman–Crippen MR) is 58.8 cm³/mol. The third-order valence-corrected chi connectivity index (χ3v) is 2.20. The van der Waals surface area contributed by atoms with Gasteiger partial charge in [-0.3, -0.25) is 0 Å². The number of hydrogen-bond donors (Lipinski definition) is 0. The van der Waals surface area contributed by atoms with Gasteiger partial charge < -0.3 is 4.74 Å². The number of aromatic nitrogens is 4. The molecule has 2 heterocycles. The molecule has 0 saturated carbocycles. The summed E-state index contributed by atoms with van der Waals surface area (Å²) in [4.78, 5) is 7.60. The van der Waals surface area contributed by atoms with Crippen molar-refractivity contribution in [3.05, 3.63) is 36.4 Å². The highest BCUT2D eigenvalue weighted by Crippen LogP contribution is 2.10. The van der Waals surface area contributed by atoms with Crippen LogP contribution in [0, 0.1) is 5.95 Å². The maximum Gasteiger partial charge on any atom is 0.213 e. The summed E-state index contributed by atoms with van der Waals surface area (Å²) in [7, 11) is 0. The van der Waals surface area contributed by atoms with Gasteiger partial charge in [-0.15, -0.1) is 0 Å². The quantitative estimate of drug-likeness (QED) is 0.743. The van der Waals surface area contributed by atoms with Crippen LogP contribution in [0.5, 0.6) is 5.75 Å². The van der Waals surface area contributed by atoms with E-state index in [-0.39, 0.29) is 0 Å². The normalized spacial score (nSPS) is 10.5. The molecule has 0 saturated heterocycles. The van der Waals surface area contributed by atoms with Gasteiger partial charge in [0.25, 0.3) is 0 Å². The molecule has 2 aromatic rings. The van der Waals surface area contributed by atoms with Crippen LogP contribution < -0.4 is 4.74 Å². The van der Waals surface area contributed by atoms with Gasteiger partial charge in [-0.25, -0.2) is 14.6 Å². The number of nitrogens with zero attached hydrogens (tertiary/aromatic N) is 4. The van der Waals surface area contributed by atoms with Gasteiger partial charge in [0.1, 0.15) is 18.7 Å². The summed E-state index contributed by atoms with van der Waals surface area (Å²) in [6.07, 6.45) is 3.82. The zero-order valence-corrected chi connectivity index (χ0v) is 9.51. The Labute approximate surface area is 98.3 Å². The fourth-order valence-corrected chi connectivity index (χ4v) is 1.39. The van der Waals surface area contributed by atoms with Crippen molar-refractivity contribution in [3.63, 3.8) is 0 Å². The van der Waals surface area contributed by atoms with Gasteiger partial charge in [0, 0.05) is 6.54 Å². The average Bonchev–Trinajstić information content (AvgIpc) is 2.77. The van der Waals surface area contributed by atoms with Crippen molar-refractivity contribution in [1.82, 2.24) is 19.7 Å². The minimum absolute atomic E-state index is 0.299. The lowest BCUT2D eigenvalue weighted by atomic mass is 10.4. The van der Waals surface area contributed by atoms with Gasteiger partial charge in [0.05, 0.1) is 6.20 Å². The molecule has 17 heavy (non-hydrogen) atoms. The van der Waals surface area contributed by atoms with Gasteiger partial charge in [0.15, 0.2) is 5.82 Å². The second-order valence-corrected chi connectivity index (χ2v) is 3.50. The lowest BCUT2D eigenvalue weighted by Gasteiger charge is -2.06. The molecule has 2 rings (SSSR count). The summed E-state index contributed by atoms with van der Waals surface area (Å²) in [6, 6.07) is 2.79. The van der Waals surface area contributed by atoms with Crippen LogP contribution in [0.4, 0.5) is 4.39 Å². The van der Waals surface area contributed by atoms with Crippen LogP contribution in [-0.4, -0.2) is 19.7 Å². The number of pyridine rings is 1. The largest absolute Gasteiger partial charge is 0.484 e. The van der Waals surface area contributed by atoms with Crippen LogP contribution in [0.1, 0.15) is 19.2 Å². The van der Waals surface area contributed by atoms with E-state index in [0.717, 1.165) is 18.8 Å². The number of hydrogen-bond acceptors (Lipinski definition) is 4. The van der Waals surface area contributed by atoms with E-state index < -0.39 is 5.95 Å². The van der Waals surface area contributed by atoms with Crippen molar-refractivity contribution < 1.29 is 9.13 Å². The second kappa shape index (κ2) is 5.38. The van der Waals surface area contributed by atoms with Crippen LogP contribution in [0.15, 0.2) is 24.7 Å². The van der Waals surface area contributed by atoms with Crippen molar-refractivity contribution in [3.8, 4) is 5.75 Å². The Morgan fingerprint density at radius 1 is 1.35 bits per heavy atom. The predicted octanol–water partition coefficient (Wildman–Crippen LogP) is 1.80. The molecule has 0 aliphatic heterocycles. The molecule has 0 spiro atoms. The van der Waals surface area contributed by atoms with Crippen LogP contribution in [0.3, 0.4) is 0 Å². The molecule has 0 unspecified atom stereocenters. The number of aryl methyl sites for hydroxylation is 1. The van der Waals surface area contributed by atoms with E-state index in [4.69, 9.17) is 4.74 Å². The van der Waals surface area contributed by atoms with Gasteiger partial charge in [-0.1, -0.05) is 6.92 Å². The minimum atomic E-state index is -0.522. The highest BCUT2D eigenvalue weighted by atomic mass is 19.1. The summed E-state index contributed by atoms with van der Waals surface area (Å²) in [6.45, 7) is 3.17. The molecule has 0 bridgehead atoms. The first-order chi connectivity index (χ1) is 8.29. The molecular weight excluding hydrogens is 223 g/mol. The maximum atomic E-state index is 12.6. The third kappa shape index (κ3) is 2.99. The molecule has 2 aromatic heterocycles. The van der Waals surface area contributed by atoms with Crippen molar-refractivity contribution in [1.29, 1.82) is 0 Å². The first-order valence-electron chi connectivity index (χ1n) is 5.40. The molecule has 90 valence electrons. The molecule has 0 amide bonds. The van der Waals surface area contributed by atoms with Crippen molar-refractivity contribution in [2.75, 3.05) is 0 Å². The van der Waals surface area contributed by atoms with Gasteiger partial charge in [-0.05, 0) is 18.6 Å². The molecular formula is C11H13FN4O. The third-order valence-electron chi connectivity index (χ3n) is 2.20. The first-order valence-corrected chi connectivity index (χ1v) is 5.40. The molecule has 6 heteroatoms. The Hall–Kier alpha value is -1.98. The summed E-state index contributed by atoms with van der Waals surface area (Å²) < 4.78 is 19.8. The van der Waals surface area contributed by atoms with E-state index in [2.05, 4.69) is 22.0 Å². The minimum Gasteiger partial charge on any atom is -0.484 e. The van der Waals surface area contributed by atoms with Crippen molar-refractivity contribution in [2.24, 2.45) is 0 Å². The molecule has 0 fully saturated rings. The zero-order chi connectivity index (χ0) is 12.1. The van der Waals surface area contributed by atoms with E-state index >= 15 is 0 Å². The van der Waals surface area contributed by atoms with E-state index in [1.54, 1.807) is 4.68 Å². The topological polar surface area (TPSA) is 52.8 Å². The van der Waals surface area contributed by atoms with Crippen molar-refractivity contribution in [2.45, 2.75) is 26.5 Å². The van der Waals surface area contributed by atoms with Crippen LogP contribution in [0.2, 0.25) is 0 Å². The van der Waals surface area contributed by atoms with Crippen LogP contribution >= 0.6 is 0 Å². The highest BCUT2D eigenvalue weighted by molar-refractivity contribution is 5.16. The fourth-order valence-electron chi connectivity index (χ4n) is 1.39. The first kappa shape index (κ1) is 11.5. The molecule has 0 aliphatic carbocycles. The zero-order valence-electron chi connectivity index (χ0n) is 9.51. The number of ether oxygens (including phenoxy) is 1. The van der Waals surface area contributed by atoms with Crippen LogP contribution in [-0.2, 0) is 13.2 Å². The Morgan fingerprint density at radius 2 is 2.24 bits per heavy atom. The van der Waals surface area contributed by atoms with E-state index in [0.29, 0.717) is 12.4 Å². The maximum absolute atomic E-state index is 12.6. The standard InChI is InChI=1S/C11H13FN4O/c1-2-5-16-11(14-8-15-16)7-17-9-3-4-10(12)13-6-9/h3-4,6,8H,2,5,7H2,1H3. The molecule has 0 atom stereocenters. The van der Waals surface area contributed by atoms with E-state index in [1.165, 1.54) is 24.7 Å². The van der Waals surface area contributed by atoms with Gasteiger partial charge in [0.2, 0.25) is 5.95 Å². The van der Waals surface area contributed by atoms with E-state index in [1.807, 2.05) is 0 Å². The Balaban J connectivity index is 1.97. The Morgan fingerprint density at radius 3 is 2.94 bits per heavy atom.